The van der Waals surface area contributed by atoms with E-state index in [2.05, 4.69) is 0 Å². The Labute approximate surface area is 131 Å². The maximum atomic E-state index is 12.5. The molecule has 0 amide bonds. The third-order valence-corrected chi connectivity index (χ3v) is 5.54. The molecular formula is C16H18ClNO2S. The van der Waals surface area contributed by atoms with Gasteiger partial charge in [-0.25, -0.2) is 8.42 Å². The van der Waals surface area contributed by atoms with E-state index in [-0.39, 0.29) is 16.8 Å². The van der Waals surface area contributed by atoms with E-state index >= 15 is 0 Å². The van der Waals surface area contributed by atoms with Crippen LogP contribution in [-0.4, -0.2) is 26.3 Å². The first-order chi connectivity index (χ1) is 9.91. The van der Waals surface area contributed by atoms with Gasteiger partial charge in [-0.2, -0.15) is 4.31 Å². The molecule has 0 N–H and O–H groups in total. The average Bonchev–Trinajstić information content (AvgIpc) is 2.48. The van der Waals surface area contributed by atoms with Gasteiger partial charge in [0, 0.05) is 13.6 Å². The van der Waals surface area contributed by atoms with Crippen molar-refractivity contribution in [1.82, 2.24) is 4.31 Å². The molecule has 2 rings (SSSR count). The molecule has 0 spiro atoms. The molecule has 0 bridgehead atoms. The Kier molecular flexibility index (Phi) is 5.04. The molecule has 112 valence electrons. The summed E-state index contributed by atoms with van der Waals surface area (Å²) in [4.78, 5) is 0.285. The second-order valence-corrected chi connectivity index (χ2v) is 7.55. The monoisotopic (exact) mass is 323 g/mol. The van der Waals surface area contributed by atoms with Crippen LogP contribution in [0.2, 0.25) is 0 Å². The number of rotatable bonds is 5. The number of sulfonamides is 1. The summed E-state index contributed by atoms with van der Waals surface area (Å²) in [5, 5.41) is -0.378. The van der Waals surface area contributed by atoms with Gasteiger partial charge in [-0.15, -0.1) is 11.6 Å². The van der Waals surface area contributed by atoms with Crippen LogP contribution in [0.25, 0.3) is 0 Å². The molecule has 0 saturated carbocycles. The van der Waals surface area contributed by atoms with Crippen molar-refractivity contribution in [3.05, 3.63) is 65.7 Å². The molecular weight excluding hydrogens is 306 g/mol. The number of aryl methyl sites for hydroxylation is 1. The molecule has 21 heavy (non-hydrogen) atoms. The summed E-state index contributed by atoms with van der Waals surface area (Å²) in [6, 6.07) is 16.3. The standard InChI is InChI=1S/C16H18ClNO2S/c1-13-8-10-15(11-9-13)21(19,20)18(2)12-16(17)14-6-4-3-5-7-14/h3-11,16H,12H2,1-2H3/t16-/m0/s1. The van der Waals surface area contributed by atoms with Crippen LogP contribution in [0.5, 0.6) is 0 Å². The van der Waals surface area contributed by atoms with Gasteiger partial charge in [0.05, 0.1) is 10.3 Å². The van der Waals surface area contributed by atoms with E-state index in [0.717, 1.165) is 11.1 Å². The summed E-state index contributed by atoms with van der Waals surface area (Å²) >= 11 is 6.31. The number of hydrogen-bond donors (Lipinski definition) is 0. The van der Waals surface area contributed by atoms with Gasteiger partial charge in [-0.05, 0) is 24.6 Å². The van der Waals surface area contributed by atoms with Crippen molar-refractivity contribution in [2.45, 2.75) is 17.2 Å². The van der Waals surface area contributed by atoms with E-state index in [9.17, 15) is 8.42 Å². The highest BCUT2D eigenvalue weighted by molar-refractivity contribution is 7.89. The zero-order chi connectivity index (χ0) is 15.5. The van der Waals surface area contributed by atoms with Gasteiger partial charge in [-0.3, -0.25) is 0 Å². The lowest BCUT2D eigenvalue weighted by molar-refractivity contribution is 0.468. The zero-order valence-electron chi connectivity index (χ0n) is 12.0. The quantitative estimate of drug-likeness (QED) is 0.788. The molecule has 2 aromatic rings. The van der Waals surface area contributed by atoms with Crippen molar-refractivity contribution in [2.24, 2.45) is 0 Å². The number of likely N-dealkylation sites (N-methyl/N-ethyl adjacent to an activating group) is 1. The number of halogens is 1. The molecule has 0 aliphatic rings. The van der Waals surface area contributed by atoms with E-state index in [0.29, 0.717) is 0 Å². The van der Waals surface area contributed by atoms with Gasteiger partial charge >= 0.3 is 0 Å². The summed E-state index contributed by atoms with van der Waals surface area (Å²) in [7, 11) is -1.96. The Bertz CT molecular complexity index is 684. The Morgan fingerprint density at radius 2 is 1.62 bits per heavy atom. The number of benzene rings is 2. The van der Waals surface area contributed by atoms with Crippen molar-refractivity contribution in [1.29, 1.82) is 0 Å². The molecule has 0 aliphatic heterocycles. The maximum Gasteiger partial charge on any atom is 0.242 e. The van der Waals surface area contributed by atoms with Gasteiger partial charge in [0.25, 0.3) is 0 Å². The van der Waals surface area contributed by atoms with E-state index in [1.54, 1.807) is 31.3 Å². The Balaban J connectivity index is 2.15. The minimum Gasteiger partial charge on any atom is -0.207 e. The van der Waals surface area contributed by atoms with Crippen LogP contribution in [-0.2, 0) is 10.0 Å². The van der Waals surface area contributed by atoms with Crippen LogP contribution in [0.4, 0.5) is 0 Å². The Hall–Kier alpha value is -1.36. The highest BCUT2D eigenvalue weighted by atomic mass is 35.5. The fraction of sp³-hybridized carbons (Fsp3) is 0.250. The lowest BCUT2D eigenvalue weighted by Gasteiger charge is -2.20. The summed E-state index contributed by atoms with van der Waals surface area (Å²) < 4.78 is 26.2. The van der Waals surface area contributed by atoms with E-state index in [1.807, 2.05) is 37.3 Å². The minimum absolute atomic E-state index is 0.224. The molecule has 0 radical (unpaired) electrons. The maximum absolute atomic E-state index is 12.5. The van der Waals surface area contributed by atoms with Gasteiger partial charge in [0.1, 0.15) is 0 Å². The first-order valence-electron chi connectivity index (χ1n) is 6.63. The molecule has 3 nitrogen and oxygen atoms in total. The molecule has 2 aromatic carbocycles. The number of hydrogen-bond acceptors (Lipinski definition) is 2. The summed E-state index contributed by atoms with van der Waals surface area (Å²) in [6.07, 6.45) is 0. The van der Waals surface area contributed by atoms with Crippen LogP contribution in [0.15, 0.2) is 59.5 Å². The van der Waals surface area contributed by atoms with Crippen molar-refractivity contribution >= 4 is 21.6 Å². The smallest absolute Gasteiger partial charge is 0.207 e. The fourth-order valence-electron chi connectivity index (χ4n) is 1.98. The topological polar surface area (TPSA) is 37.4 Å². The highest BCUT2D eigenvalue weighted by Crippen LogP contribution is 2.24. The van der Waals surface area contributed by atoms with Gasteiger partial charge < -0.3 is 0 Å². The molecule has 1 atom stereocenters. The number of nitrogens with zero attached hydrogens (tertiary/aromatic N) is 1. The van der Waals surface area contributed by atoms with Crippen molar-refractivity contribution in [3.8, 4) is 0 Å². The zero-order valence-corrected chi connectivity index (χ0v) is 13.6. The normalized spacial score (nSPS) is 13.3. The lowest BCUT2D eigenvalue weighted by atomic mass is 10.1. The predicted octanol–water partition coefficient (Wildman–Crippen LogP) is 3.60. The lowest BCUT2D eigenvalue weighted by Crippen LogP contribution is -2.30. The largest absolute Gasteiger partial charge is 0.242 e. The van der Waals surface area contributed by atoms with Crippen molar-refractivity contribution < 1.29 is 8.42 Å². The first-order valence-corrected chi connectivity index (χ1v) is 8.51. The Morgan fingerprint density at radius 3 is 2.19 bits per heavy atom. The molecule has 5 heteroatoms. The molecule has 0 aromatic heterocycles. The summed E-state index contributed by atoms with van der Waals surface area (Å²) in [5.74, 6) is 0. The summed E-state index contributed by atoms with van der Waals surface area (Å²) in [5.41, 5.74) is 1.93. The second kappa shape index (κ2) is 6.60. The van der Waals surface area contributed by atoms with Crippen LogP contribution in [0.3, 0.4) is 0 Å². The van der Waals surface area contributed by atoms with Gasteiger partial charge in [-0.1, -0.05) is 48.0 Å². The van der Waals surface area contributed by atoms with E-state index in [4.69, 9.17) is 11.6 Å². The average molecular weight is 324 g/mol. The molecule has 0 heterocycles. The van der Waals surface area contributed by atoms with Crippen molar-refractivity contribution in [2.75, 3.05) is 13.6 Å². The van der Waals surface area contributed by atoms with Crippen LogP contribution in [0.1, 0.15) is 16.5 Å². The SMILES string of the molecule is Cc1ccc(S(=O)(=O)N(C)C[C@H](Cl)c2ccccc2)cc1. The Morgan fingerprint density at radius 1 is 1.05 bits per heavy atom. The predicted molar refractivity (Wildman–Crippen MR) is 86.0 cm³/mol. The van der Waals surface area contributed by atoms with Gasteiger partial charge in [0.2, 0.25) is 10.0 Å². The third-order valence-electron chi connectivity index (χ3n) is 3.31. The number of alkyl halides is 1. The summed E-state index contributed by atoms with van der Waals surface area (Å²) in [6.45, 7) is 2.14. The minimum atomic E-state index is -3.51. The van der Waals surface area contributed by atoms with Crippen molar-refractivity contribution in [3.63, 3.8) is 0 Å². The molecule has 0 fully saturated rings. The van der Waals surface area contributed by atoms with Crippen LogP contribution in [0, 0.1) is 6.92 Å². The van der Waals surface area contributed by atoms with Crippen LogP contribution >= 0.6 is 11.6 Å². The third kappa shape index (κ3) is 3.84. The second-order valence-electron chi connectivity index (χ2n) is 4.98. The fourth-order valence-corrected chi connectivity index (χ4v) is 3.60. The van der Waals surface area contributed by atoms with Gasteiger partial charge in [0.15, 0.2) is 0 Å². The first kappa shape index (κ1) is 16.0. The molecule has 0 saturated heterocycles. The molecule has 0 aliphatic carbocycles. The molecule has 0 unspecified atom stereocenters. The highest BCUT2D eigenvalue weighted by Gasteiger charge is 2.23. The van der Waals surface area contributed by atoms with E-state index < -0.39 is 10.0 Å². The van der Waals surface area contributed by atoms with E-state index in [1.165, 1.54) is 4.31 Å². The van der Waals surface area contributed by atoms with Crippen LogP contribution < -0.4 is 0 Å².